The maximum atomic E-state index is 12.7. The van der Waals surface area contributed by atoms with Gasteiger partial charge in [-0.3, -0.25) is 10.1 Å². The third-order valence-electron chi connectivity index (χ3n) is 3.35. The summed E-state index contributed by atoms with van der Waals surface area (Å²) in [7, 11) is 0. The number of carbonyl (C=O) groups excluding carboxylic acids is 1. The number of nitrogens with one attached hydrogen (secondary N) is 1. The number of carbonyl (C=O) groups is 1. The Bertz CT molecular complexity index is 945. The summed E-state index contributed by atoms with van der Waals surface area (Å²) in [4.78, 5) is 12.2. The first-order valence-corrected chi connectivity index (χ1v) is 9.68. The molecular formula is C17H11ClF3N3OS2. The number of halogens is 4. The van der Waals surface area contributed by atoms with E-state index in [0.29, 0.717) is 15.1 Å². The number of nitrogens with zero attached hydrogens (tertiary/aromatic N) is 2. The Hall–Kier alpha value is -2.10. The minimum Gasteiger partial charge on any atom is -0.296 e. The number of alkyl halides is 3. The van der Waals surface area contributed by atoms with Crippen LogP contribution >= 0.6 is 34.7 Å². The first kappa shape index (κ1) is 19.7. The smallest absolute Gasteiger partial charge is 0.296 e. The SMILES string of the molecule is O=C(Nc1nnc(SCc2ccc(Cl)cc2)s1)c1cccc(C(F)(F)F)c1. The molecule has 0 aliphatic heterocycles. The van der Waals surface area contributed by atoms with Gasteiger partial charge in [0.05, 0.1) is 5.56 Å². The van der Waals surface area contributed by atoms with Gasteiger partial charge in [-0.25, -0.2) is 0 Å². The van der Waals surface area contributed by atoms with E-state index in [1.54, 1.807) is 12.1 Å². The minimum atomic E-state index is -4.51. The van der Waals surface area contributed by atoms with Crippen LogP contribution in [0, 0.1) is 0 Å². The molecule has 10 heteroatoms. The molecule has 1 aromatic heterocycles. The van der Waals surface area contributed by atoms with Gasteiger partial charge in [0.25, 0.3) is 5.91 Å². The zero-order chi connectivity index (χ0) is 19.4. The van der Waals surface area contributed by atoms with Crippen LogP contribution in [-0.4, -0.2) is 16.1 Å². The van der Waals surface area contributed by atoms with Gasteiger partial charge in [0.1, 0.15) is 0 Å². The molecule has 0 unspecified atom stereocenters. The molecule has 0 atom stereocenters. The summed E-state index contributed by atoms with van der Waals surface area (Å²) >= 11 is 8.42. The van der Waals surface area contributed by atoms with Crippen molar-refractivity contribution in [1.29, 1.82) is 0 Å². The van der Waals surface area contributed by atoms with Crippen LogP contribution in [0.2, 0.25) is 5.02 Å². The highest BCUT2D eigenvalue weighted by atomic mass is 35.5. The fourth-order valence-electron chi connectivity index (χ4n) is 2.05. The summed E-state index contributed by atoms with van der Waals surface area (Å²) < 4.78 is 38.9. The topological polar surface area (TPSA) is 54.9 Å². The van der Waals surface area contributed by atoms with E-state index in [1.165, 1.54) is 23.9 Å². The lowest BCUT2D eigenvalue weighted by molar-refractivity contribution is -0.137. The van der Waals surface area contributed by atoms with Crippen LogP contribution in [0.5, 0.6) is 0 Å². The Morgan fingerprint density at radius 2 is 1.89 bits per heavy atom. The Kier molecular flexibility index (Phi) is 6.03. The van der Waals surface area contributed by atoms with Gasteiger partial charge in [0.2, 0.25) is 5.13 Å². The number of thioether (sulfide) groups is 1. The third-order valence-corrected chi connectivity index (χ3v) is 5.65. The molecule has 1 amide bonds. The van der Waals surface area contributed by atoms with Crippen molar-refractivity contribution in [3.05, 3.63) is 70.2 Å². The monoisotopic (exact) mass is 429 g/mol. The van der Waals surface area contributed by atoms with Gasteiger partial charge in [-0.05, 0) is 35.9 Å². The number of aromatic nitrogens is 2. The Morgan fingerprint density at radius 1 is 1.15 bits per heavy atom. The normalized spacial score (nSPS) is 11.4. The summed E-state index contributed by atoms with van der Waals surface area (Å²) in [5.41, 5.74) is 0.0659. The highest BCUT2D eigenvalue weighted by molar-refractivity contribution is 8.00. The van der Waals surface area contributed by atoms with E-state index in [0.717, 1.165) is 29.0 Å². The predicted molar refractivity (Wildman–Crippen MR) is 100 cm³/mol. The van der Waals surface area contributed by atoms with Gasteiger partial charge < -0.3 is 0 Å². The molecule has 0 saturated carbocycles. The summed E-state index contributed by atoms with van der Waals surface area (Å²) in [5.74, 6) is -0.0283. The zero-order valence-corrected chi connectivity index (χ0v) is 15.8. The summed E-state index contributed by atoms with van der Waals surface area (Å²) in [5, 5.41) is 11.2. The van der Waals surface area contributed by atoms with E-state index in [1.807, 2.05) is 12.1 Å². The van der Waals surface area contributed by atoms with Gasteiger partial charge in [-0.2, -0.15) is 13.2 Å². The molecule has 0 bridgehead atoms. The van der Waals surface area contributed by atoms with Crippen molar-refractivity contribution in [1.82, 2.24) is 10.2 Å². The second-order valence-corrected chi connectivity index (χ2v) is 7.96. The molecule has 3 aromatic rings. The van der Waals surface area contributed by atoms with Crippen LogP contribution in [0.4, 0.5) is 18.3 Å². The highest BCUT2D eigenvalue weighted by Crippen LogP contribution is 2.31. The molecule has 140 valence electrons. The number of rotatable bonds is 5. The molecule has 3 rings (SSSR count). The van der Waals surface area contributed by atoms with Crippen LogP contribution in [-0.2, 0) is 11.9 Å². The lowest BCUT2D eigenvalue weighted by Crippen LogP contribution is -2.13. The zero-order valence-electron chi connectivity index (χ0n) is 13.5. The second-order valence-electron chi connectivity index (χ2n) is 5.32. The lowest BCUT2D eigenvalue weighted by atomic mass is 10.1. The quantitative estimate of drug-likeness (QED) is 0.414. The fourth-order valence-corrected chi connectivity index (χ4v) is 3.88. The van der Waals surface area contributed by atoms with Crippen LogP contribution in [0.15, 0.2) is 52.9 Å². The van der Waals surface area contributed by atoms with Crippen molar-refractivity contribution in [2.24, 2.45) is 0 Å². The summed E-state index contributed by atoms with van der Waals surface area (Å²) in [6, 6.07) is 11.6. The van der Waals surface area contributed by atoms with E-state index >= 15 is 0 Å². The third kappa shape index (κ3) is 5.44. The molecule has 0 fully saturated rings. The maximum absolute atomic E-state index is 12.7. The Morgan fingerprint density at radius 3 is 2.59 bits per heavy atom. The average Bonchev–Trinajstić information content (AvgIpc) is 3.08. The van der Waals surface area contributed by atoms with Crippen LogP contribution in [0.25, 0.3) is 0 Å². The molecule has 27 heavy (non-hydrogen) atoms. The molecule has 0 saturated heterocycles. The Balaban J connectivity index is 1.62. The van der Waals surface area contributed by atoms with Gasteiger partial charge in [0.15, 0.2) is 4.34 Å². The van der Waals surface area contributed by atoms with Gasteiger partial charge >= 0.3 is 6.18 Å². The predicted octanol–water partition coefficient (Wildman–Crippen LogP) is 5.75. The number of benzene rings is 2. The van der Waals surface area contributed by atoms with Crippen molar-refractivity contribution in [2.75, 3.05) is 5.32 Å². The summed E-state index contributed by atoms with van der Waals surface area (Å²) in [6.07, 6.45) is -4.51. The number of hydrogen-bond acceptors (Lipinski definition) is 5. The minimum absolute atomic E-state index is 0.101. The highest BCUT2D eigenvalue weighted by Gasteiger charge is 2.31. The molecule has 0 radical (unpaired) electrons. The van der Waals surface area contributed by atoms with Gasteiger partial charge in [-0.1, -0.05) is 52.9 Å². The van der Waals surface area contributed by atoms with E-state index < -0.39 is 17.6 Å². The summed E-state index contributed by atoms with van der Waals surface area (Å²) in [6.45, 7) is 0. The molecule has 0 spiro atoms. The molecule has 2 aromatic carbocycles. The molecular weight excluding hydrogens is 419 g/mol. The number of hydrogen-bond donors (Lipinski definition) is 1. The standard InChI is InChI=1S/C17H11ClF3N3OS2/c18-13-6-4-10(5-7-13)9-26-16-24-23-15(27-16)22-14(25)11-2-1-3-12(8-11)17(19,20)21/h1-8H,9H2,(H,22,23,25). The van der Waals surface area contributed by atoms with Crippen LogP contribution in [0.1, 0.15) is 21.5 Å². The molecule has 1 N–H and O–H groups in total. The molecule has 1 heterocycles. The first-order chi connectivity index (χ1) is 12.8. The molecule has 0 aliphatic rings. The van der Waals surface area contributed by atoms with Crippen molar-refractivity contribution in [2.45, 2.75) is 16.3 Å². The lowest BCUT2D eigenvalue weighted by Gasteiger charge is -2.08. The van der Waals surface area contributed by atoms with Crippen LogP contribution in [0.3, 0.4) is 0 Å². The first-order valence-electron chi connectivity index (χ1n) is 7.50. The second kappa shape index (κ2) is 8.28. The maximum Gasteiger partial charge on any atom is 0.416 e. The fraction of sp³-hybridized carbons (Fsp3) is 0.118. The van der Waals surface area contributed by atoms with Gasteiger partial charge in [-0.15, -0.1) is 10.2 Å². The van der Waals surface area contributed by atoms with E-state index in [4.69, 9.17) is 11.6 Å². The molecule has 0 aliphatic carbocycles. The van der Waals surface area contributed by atoms with Crippen molar-refractivity contribution in [3.63, 3.8) is 0 Å². The number of amides is 1. The van der Waals surface area contributed by atoms with E-state index in [2.05, 4.69) is 15.5 Å². The average molecular weight is 430 g/mol. The molecule has 4 nitrogen and oxygen atoms in total. The largest absolute Gasteiger partial charge is 0.416 e. The number of anilines is 1. The van der Waals surface area contributed by atoms with Crippen molar-refractivity contribution in [3.8, 4) is 0 Å². The van der Waals surface area contributed by atoms with Crippen molar-refractivity contribution < 1.29 is 18.0 Å². The van der Waals surface area contributed by atoms with Crippen molar-refractivity contribution >= 4 is 45.7 Å². The van der Waals surface area contributed by atoms with E-state index in [-0.39, 0.29) is 10.7 Å². The van der Waals surface area contributed by atoms with Gasteiger partial charge in [0, 0.05) is 16.3 Å². The Labute approximate surface area is 165 Å². The van der Waals surface area contributed by atoms with Crippen LogP contribution < -0.4 is 5.32 Å². The van der Waals surface area contributed by atoms with E-state index in [9.17, 15) is 18.0 Å².